The summed E-state index contributed by atoms with van der Waals surface area (Å²) in [6, 6.07) is 0. The zero-order valence-corrected chi connectivity index (χ0v) is 16.1. The molecule has 3 unspecified atom stereocenters. The van der Waals surface area contributed by atoms with E-state index < -0.39 is 5.60 Å². The molecule has 0 spiro atoms. The van der Waals surface area contributed by atoms with E-state index in [-0.39, 0.29) is 17.4 Å². The fourth-order valence-electron chi connectivity index (χ4n) is 9.15. The Labute approximate surface area is 156 Å². The van der Waals surface area contributed by atoms with Crippen LogP contribution in [0.4, 0.5) is 0 Å². The van der Waals surface area contributed by atoms with Gasteiger partial charge in [-0.2, -0.15) is 0 Å². The first kappa shape index (κ1) is 16.3. The summed E-state index contributed by atoms with van der Waals surface area (Å²) >= 11 is 0. The van der Waals surface area contributed by atoms with E-state index in [2.05, 4.69) is 13.8 Å². The lowest BCUT2D eigenvalue weighted by Crippen LogP contribution is -2.57. The smallest absolute Gasteiger partial charge is 0.155 e. The maximum Gasteiger partial charge on any atom is 0.155 e. The van der Waals surface area contributed by atoms with Gasteiger partial charge in [0.1, 0.15) is 0 Å². The van der Waals surface area contributed by atoms with E-state index in [0.717, 1.165) is 31.1 Å². The summed E-state index contributed by atoms with van der Waals surface area (Å²) in [5.41, 5.74) is 1.06. The maximum atomic E-state index is 12.1. The molecule has 0 bridgehead atoms. The molecule has 0 saturated heterocycles. The summed E-state index contributed by atoms with van der Waals surface area (Å²) in [6.07, 6.45) is 9.10. The van der Waals surface area contributed by atoms with Gasteiger partial charge < -0.3 is 10.2 Å². The van der Waals surface area contributed by atoms with Gasteiger partial charge in [0, 0.05) is 24.9 Å². The van der Waals surface area contributed by atoms with Crippen LogP contribution in [0.25, 0.3) is 0 Å². The Bertz CT molecular complexity index is 727. The monoisotopic (exact) mass is 356 g/mol. The standard InChI is InChI=1S/C23H32O3/c1-21-5-3-12(25)9-17(21)13-10-14(13)19-16(21)4-6-22(2)20(19)15-11-18(15)23(22,26)7-8-24/h9,13-16,18-20,24,26H,3-8,10-11H2,1-2H3/t13-,14+,15-,16?,18+,19?,20?,21-,22+,23+/m1/s1. The molecule has 3 nitrogen and oxygen atoms in total. The number of carbonyl (C=O) groups excluding carboxylic acids is 1. The number of rotatable bonds is 2. The molecule has 0 heterocycles. The third-order valence-electron chi connectivity index (χ3n) is 10.4. The van der Waals surface area contributed by atoms with Crippen LogP contribution in [-0.2, 0) is 4.79 Å². The van der Waals surface area contributed by atoms with Crippen LogP contribution in [0.15, 0.2) is 11.6 Å². The number of ketones is 1. The number of aliphatic hydroxyl groups excluding tert-OH is 1. The second kappa shape index (κ2) is 4.66. The highest BCUT2D eigenvalue weighted by Gasteiger charge is 2.78. The summed E-state index contributed by atoms with van der Waals surface area (Å²) < 4.78 is 0. The fourth-order valence-corrected chi connectivity index (χ4v) is 9.15. The first-order valence-electron chi connectivity index (χ1n) is 10.9. The molecule has 5 saturated carbocycles. The molecule has 2 N–H and O–H groups in total. The highest BCUT2D eigenvalue weighted by molar-refractivity contribution is 5.92. The van der Waals surface area contributed by atoms with Crippen molar-refractivity contribution in [3.8, 4) is 0 Å². The molecular weight excluding hydrogens is 324 g/mol. The second-order valence-electron chi connectivity index (χ2n) is 11.1. The minimum Gasteiger partial charge on any atom is -0.396 e. The summed E-state index contributed by atoms with van der Waals surface area (Å²) in [6.45, 7) is 4.92. The SMILES string of the molecule is C[C@]12CCC(=O)C=C1[C@@H]1C[C@@H]1C1C2CC[C@@]2(C)C1[C@@H]1C[C@@H]1[C@@]2(O)CCO. The van der Waals surface area contributed by atoms with E-state index in [4.69, 9.17) is 0 Å². The van der Waals surface area contributed by atoms with E-state index >= 15 is 0 Å². The summed E-state index contributed by atoms with van der Waals surface area (Å²) in [5, 5.41) is 21.3. The van der Waals surface area contributed by atoms with Gasteiger partial charge in [-0.25, -0.2) is 0 Å². The highest BCUT2D eigenvalue weighted by atomic mass is 16.3. The Morgan fingerprint density at radius 3 is 2.73 bits per heavy atom. The predicted molar refractivity (Wildman–Crippen MR) is 98.1 cm³/mol. The van der Waals surface area contributed by atoms with Crippen molar-refractivity contribution in [2.75, 3.05) is 6.61 Å². The Kier molecular flexibility index (Phi) is 2.92. The summed E-state index contributed by atoms with van der Waals surface area (Å²) in [5.74, 6) is 4.93. The molecule has 10 atom stereocenters. The van der Waals surface area contributed by atoms with Gasteiger partial charge in [0.15, 0.2) is 5.78 Å². The van der Waals surface area contributed by atoms with Crippen LogP contribution in [0.3, 0.4) is 0 Å². The number of hydrogen-bond acceptors (Lipinski definition) is 3. The van der Waals surface area contributed by atoms with Gasteiger partial charge in [0.05, 0.1) is 5.60 Å². The number of carbonyl (C=O) groups is 1. The Morgan fingerprint density at radius 2 is 1.96 bits per heavy atom. The second-order valence-corrected chi connectivity index (χ2v) is 11.1. The quantitative estimate of drug-likeness (QED) is 0.798. The van der Waals surface area contributed by atoms with Crippen molar-refractivity contribution in [1.29, 1.82) is 0 Å². The molecule has 26 heavy (non-hydrogen) atoms. The molecule has 6 aliphatic carbocycles. The first-order valence-corrected chi connectivity index (χ1v) is 10.9. The minimum absolute atomic E-state index is 0.0142. The molecule has 6 aliphatic rings. The Morgan fingerprint density at radius 1 is 1.15 bits per heavy atom. The Balaban J connectivity index is 1.43. The van der Waals surface area contributed by atoms with Gasteiger partial charge in [-0.3, -0.25) is 4.79 Å². The number of allylic oxidation sites excluding steroid dienone is 1. The predicted octanol–water partition coefficient (Wildman–Crippen LogP) is 3.34. The van der Waals surface area contributed by atoms with Gasteiger partial charge in [0.2, 0.25) is 0 Å². The summed E-state index contributed by atoms with van der Waals surface area (Å²) in [7, 11) is 0. The topological polar surface area (TPSA) is 57.5 Å². The van der Waals surface area contributed by atoms with Gasteiger partial charge in [-0.1, -0.05) is 19.4 Å². The largest absolute Gasteiger partial charge is 0.396 e. The lowest BCUT2D eigenvalue weighted by Gasteiger charge is -2.60. The molecular formula is C23H32O3. The van der Waals surface area contributed by atoms with E-state index in [0.29, 0.717) is 41.8 Å². The van der Waals surface area contributed by atoms with Crippen molar-refractivity contribution in [2.45, 2.75) is 64.4 Å². The molecule has 0 aromatic carbocycles. The third kappa shape index (κ3) is 1.64. The van der Waals surface area contributed by atoms with E-state index in [1.807, 2.05) is 6.08 Å². The average molecular weight is 357 g/mol. The Hall–Kier alpha value is -0.670. The molecule has 142 valence electrons. The van der Waals surface area contributed by atoms with Crippen LogP contribution in [0.2, 0.25) is 0 Å². The molecule has 0 amide bonds. The van der Waals surface area contributed by atoms with Gasteiger partial charge in [-0.05, 0) is 85.0 Å². The van der Waals surface area contributed by atoms with Crippen molar-refractivity contribution in [2.24, 2.45) is 52.3 Å². The van der Waals surface area contributed by atoms with E-state index in [1.54, 1.807) is 0 Å². The van der Waals surface area contributed by atoms with Crippen LogP contribution in [0.5, 0.6) is 0 Å². The average Bonchev–Trinajstić information content (AvgIpc) is 3.49. The molecule has 0 aromatic heterocycles. The zero-order chi connectivity index (χ0) is 18.1. The van der Waals surface area contributed by atoms with Crippen molar-refractivity contribution < 1.29 is 15.0 Å². The third-order valence-corrected chi connectivity index (χ3v) is 10.4. The van der Waals surface area contributed by atoms with Gasteiger partial charge in [0.25, 0.3) is 0 Å². The van der Waals surface area contributed by atoms with Crippen LogP contribution in [-0.4, -0.2) is 28.2 Å². The van der Waals surface area contributed by atoms with Crippen LogP contribution >= 0.6 is 0 Å². The minimum atomic E-state index is -0.647. The first-order chi connectivity index (χ1) is 12.3. The molecule has 0 aliphatic heterocycles. The van der Waals surface area contributed by atoms with E-state index in [1.165, 1.54) is 24.8 Å². The van der Waals surface area contributed by atoms with Crippen molar-refractivity contribution in [1.82, 2.24) is 0 Å². The van der Waals surface area contributed by atoms with Crippen molar-refractivity contribution in [3.05, 3.63) is 11.6 Å². The number of hydrogen-bond donors (Lipinski definition) is 2. The lowest BCUT2D eigenvalue weighted by molar-refractivity contribution is -0.157. The number of aliphatic hydroxyl groups is 2. The van der Waals surface area contributed by atoms with E-state index in [9.17, 15) is 15.0 Å². The van der Waals surface area contributed by atoms with Gasteiger partial charge >= 0.3 is 0 Å². The summed E-state index contributed by atoms with van der Waals surface area (Å²) in [4.78, 5) is 12.1. The van der Waals surface area contributed by atoms with Gasteiger partial charge in [-0.15, -0.1) is 0 Å². The molecule has 0 radical (unpaired) electrons. The molecule has 6 rings (SSSR count). The molecule has 3 heteroatoms. The zero-order valence-electron chi connectivity index (χ0n) is 16.1. The number of fused-ring (bicyclic) bond motifs is 10. The van der Waals surface area contributed by atoms with Crippen LogP contribution < -0.4 is 0 Å². The van der Waals surface area contributed by atoms with Crippen molar-refractivity contribution >= 4 is 5.78 Å². The lowest BCUT2D eigenvalue weighted by atomic mass is 9.45. The maximum absolute atomic E-state index is 12.1. The molecule has 5 fully saturated rings. The normalized spacial score (nSPS) is 61.6. The molecule has 0 aromatic rings. The fraction of sp³-hybridized carbons (Fsp3) is 0.870. The highest BCUT2D eigenvalue weighted by Crippen LogP contribution is 2.80. The van der Waals surface area contributed by atoms with Crippen LogP contribution in [0.1, 0.15) is 58.8 Å². The van der Waals surface area contributed by atoms with Crippen LogP contribution in [0, 0.1) is 52.3 Å². The van der Waals surface area contributed by atoms with Crippen molar-refractivity contribution in [3.63, 3.8) is 0 Å².